The van der Waals surface area contributed by atoms with Crippen LogP contribution in [0.25, 0.3) is 0 Å². The fourth-order valence-electron chi connectivity index (χ4n) is 1.45. The van der Waals surface area contributed by atoms with Crippen molar-refractivity contribution in [1.82, 2.24) is 0 Å². The average Bonchev–Trinajstić information content (AvgIpc) is 2.83. The molecule has 17 heavy (non-hydrogen) atoms. The Kier molecular flexibility index (Phi) is 3.55. The van der Waals surface area contributed by atoms with E-state index in [1.165, 1.54) is 24.3 Å². The number of aryl methyl sites for hydroxylation is 1. The summed E-state index contributed by atoms with van der Waals surface area (Å²) in [6, 6.07) is 9.28. The fourth-order valence-corrected chi connectivity index (χ4v) is 1.45. The SMILES string of the molecule is O=C(CCc1ccco1)Nc1ccc(F)cc1. The van der Waals surface area contributed by atoms with Gasteiger partial charge in [0.25, 0.3) is 0 Å². The lowest BCUT2D eigenvalue weighted by Crippen LogP contribution is -2.12. The van der Waals surface area contributed by atoms with Crippen LogP contribution >= 0.6 is 0 Å². The summed E-state index contributed by atoms with van der Waals surface area (Å²) in [5.41, 5.74) is 0.593. The van der Waals surface area contributed by atoms with Crippen LogP contribution in [0.3, 0.4) is 0 Å². The van der Waals surface area contributed by atoms with Crippen LogP contribution in [0.5, 0.6) is 0 Å². The molecular weight excluding hydrogens is 221 g/mol. The van der Waals surface area contributed by atoms with Gasteiger partial charge in [0.15, 0.2) is 0 Å². The maximum Gasteiger partial charge on any atom is 0.224 e. The molecule has 1 N–H and O–H groups in total. The Morgan fingerprint density at radius 3 is 2.65 bits per heavy atom. The second kappa shape index (κ2) is 5.30. The minimum Gasteiger partial charge on any atom is -0.469 e. The standard InChI is InChI=1S/C13H12FNO2/c14-10-3-5-11(6-4-10)15-13(16)8-7-12-2-1-9-17-12/h1-6,9H,7-8H2,(H,15,16). The minimum absolute atomic E-state index is 0.118. The second-order valence-corrected chi connectivity index (χ2v) is 3.63. The highest BCUT2D eigenvalue weighted by atomic mass is 19.1. The molecule has 0 aliphatic heterocycles. The predicted octanol–water partition coefficient (Wildman–Crippen LogP) is 2.99. The van der Waals surface area contributed by atoms with E-state index in [-0.39, 0.29) is 11.7 Å². The van der Waals surface area contributed by atoms with Crippen molar-refractivity contribution in [2.45, 2.75) is 12.8 Å². The zero-order valence-electron chi connectivity index (χ0n) is 9.15. The number of nitrogens with one attached hydrogen (secondary N) is 1. The Morgan fingerprint density at radius 1 is 1.24 bits per heavy atom. The summed E-state index contributed by atoms with van der Waals surface area (Å²) in [7, 11) is 0. The van der Waals surface area contributed by atoms with Crippen molar-refractivity contribution in [1.29, 1.82) is 0 Å². The molecule has 1 heterocycles. The summed E-state index contributed by atoms with van der Waals surface area (Å²) in [6.07, 6.45) is 2.47. The molecule has 2 rings (SSSR count). The molecule has 0 aliphatic rings. The molecule has 0 fully saturated rings. The van der Waals surface area contributed by atoms with E-state index in [1.54, 1.807) is 12.3 Å². The molecular formula is C13H12FNO2. The Labute approximate surface area is 98.3 Å². The van der Waals surface area contributed by atoms with Crippen LogP contribution in [0, 0.1) is 5.82 Å². The predicted molar refractivity (Wildman–Crippen MR) is 62.1 cm³/mol. The number of carbonyl (C=O) groups excluding carboxylic acids is 1. The van der Waals surface area contributed by atoms with Gasteiger partial charge in [0.1, 0.15) is 11.6 Å². The first-order valence-electron chi connectivity index (χ1n) is 5.32. The molecule has 0 unspecified atom stereocenters. The van der Waals surface area contributed by atoms with Gasteiger partial charge in [-0.3, -0.25) is 4.79 Å². The van der Waals surface area contributed by atoms with Crippen LogP contribution < -0.4 is 5.32 Å². The topological polar surface area (TPSA) is 42.2 Å². The molecule has 0 aliphatic carbocycles. The van der Waals surface area contributed by atoms with Gasteiger partial charge in [-0.2, -0.15) is 0 Å². The first-order valence-corrected chi connectivity index (χ1v) is 5.32. The van der Waals surface area contributed by atoms with Gasteiger partial charge >= 0.3 is 0 Å². The van der Waals surface area contributed by atoms with E-state index in [0.29, 0.717) is 18.5 Å². The third-order valence-electron chi connectivity index (χ3n) is 2.31. The lowest BCUT2D eigenvalue weighted by atomic mass is 10.2. The summed E-state index contributed by atoms with van der Waals surface area (Å²) in [5, 5.41) is 2.68. The molecule has 0 saturated carbocycles. The van der Waals surface area contributed by atoms with Gasteiger partial charge in [-0.15, -0.1) is 0 Å². The molecule has 2 aromatic rings. The number of benzene rings is 1. The zero-order valence-corrected chi connectivity index (χ0v) is 9.15. The van der Waals surface area contributed by atoms with Gasteiger partial charge < -0.3 is 9.73 Å². The first-order chi connectivity index (χ1) is 8.24. The van der Waals surface area contributed by atoms with E-state index < -0.39 is 0 Å². The lowest BCUT2D eigenvalue weighted by molar-refractivity contribution is -0.116. The maximum absolute atomic E-state index is 12.6. The van der Waals surface area contributed by atoms with E-state index in [4.69, 9.17) is 4.42 Å². The minimum atomic E-state index is -0.321. The van der Waals surface area contributed by atoms with E-state index in [2.05, 4.69) is 5.32 Å². The Balaban J connectivity index is 1.83. The van der Waals surface area contributed by atoms with Crippen LogP contribution in [0.4, 0.5) is 10.1 Å². The highest BCUT2D eigenvalue weighted by Crippen LogP contribution is 2.10. The van der Waals surface area contributed by atoms with Crippen molar-refractivity contribution in [2.75, 3.05) is 5.32 Å². The van der Waals surface area contributed by atoms with Crippen LogP contribution in [-0.2, 0) is 11.2 Å². The fraction of sp³-hybridized carbons (Fsp3) is 0.154. The van der Waals surface area contributed by atoms with Crippen molar-refractivity contribution >= 4 is 11.6 Å². The number of rotatable bonds is 4. The van der Waals surface area contributed by atoms with Gasteiger partial charge in [0, 0.05) is 18.5 Å². The van der Waals surface area contributed by atoms with Crippen molar-refractivity contribution in [3.05, 3.63) is 54.2 Å². The molecule has 88 valence electrons. The van der Waals surface area contributed by atoms with Crippen LogP contribution in [0.2, 0.25) is 0 Å². The largest absolute Gasteiger partial charge is 0.469 e. The van der Waals surface area contributed by atoms with Crippen LogP contribution in [-0.4, -0.2) is 5.91 Å². The normalized spacial score (nSPS) is 10.2. The number of anilines is 1. The quantitative estimate of drug-likeness (QED) is 0.882. The van der Waals surface area contributed by atoms with Crippen LogP contribution in [0.1, 0.15) is 12.2 Å². The second-order valence-electron chi connectivity index (χ2n) is 3.63. The molecule has 0 saturated heterocycles. The molecule has 0 radical (unpaired) electrons. The van der Waals surface area contributed by atoms with E-state index in [0.717, 1.165) is 5.76 Å². The van der Waals surface area contributed by atoms with Gasteiger partial charge in [-0.1, -0.05) is 0 Å². The van der Waals surface area contributed by atoms with Gasteiger partial charge in [0.2, 0.25) is 5.91 Å². The molecule has 1 aromatic carbocycles. The smallest absolute Gasteiger partial charge is 0.224 e. The number of halogens is 1. The maximum atomic E-state index is 12.6. The number of hydrogen-bond donors (Lipinski definition) is 1. The van der Waals surface area contributed by atoms with Gasteiger partial charge in [-0.05, 0) is 36.4 Å². The van der Waals surface area contributed by atoms with Crippen molar-refractivity contribution in [2.24, 2.45) is 0 Å². The summed E-state index contributed by atoms with van der Waals surface area (Å²) < 4.78 is 17.8. The first kappa shape index (κ1) is 11.4. The number of amides is 1. The van der Waals surface area contributed by atoms with E-state index >= 15 is 0 Å². The highest BCUT2D eigenvalue weighted by Gasteiger charge is 2.04. The highest BCUT2D eigenvalue weighted by molar-refractivity contribution is 5.90. The Bertz CT molecular complexity index is 477. The molecule has 4 heteroatoms. The Hall–Kier alpha value is -2.10. The van der Waals surface area contributed by atoms with Crippen molar-refractivity contribution < 1.29 is 13.6 Å². The summed E-state index contributed by atoms with van der Waals surface area (Å²) in [6.45, 7) is 0. The number of carbonyl (C=O) groups is 1. The summed E-state index contributed by atoms with van der Waals surface area (Å²) in [4.78, 5) is 11.5. The molecule has 0 spiro atoms. The zero-order chi connectivity index (χ0) is 12.1. The van der Waals surface area contributed by atoms with Crippen molar-refractivity contribution in [3.8, 4) is 0 Å². The average molecular weight is 233 g/mol. The third-order valence-corrected chi connectivity index (χ3v) is 2.31. The van der Waals surface area contributed by atoms with Crippen molar-refractivity contribution in [3.63, 3.8) is 0 Å². The third kappa shape index (κ3) is 3.45. The number of hydrogen-bond acceptors (Lipinski definition) is 2. The monoisotopic (exact) mass is 233 g/mol. The molecule has 3 nitrogen and oxygen atoms in total. The molecule has 0 bridgehead atoms. The van der Waals surface area contributed by atoms with E-state index in [9.17, 15) is 9.18 Å². The number of furan rings is 1. The Morgan fingerprint density at radius 2 is 2.00 bits per heavy atom. The summed E-state index contributed by atoms with van der Waals surface area (Å²) in [5.74, 6) is 0.339. The van der Waals surface area contributed by atoms with E-state index in [1.807, 2.05) is 6.07 Å². The summed E-state index contributed by atoms with van der Waals surface area (Å²) >= 11 is 0. The molecule has 1 aromatic heterocycles. The lowest BCUT2D eigenvalue weighted by Gasteiger charge is -2.03. The van der Waals surface area contributed by atoms with Crippen LogP contribution in [0.15, 0.2) is 47.1 Å². The van der Waals surface area contributed by atoms with Gasteiger partial charge in [-0.25, -0.2) is 4.39 Å². The van der Waals surface area contributed by atoms with Gasteiger partial charge in [0.05, 0.1) is 6.26 Å². The molecule has 0 atom stereocenters. The molecule has 1 amide bonds.